The average Bonchev–Trinajstić information content (AvgIpc) is 3.64. The minimum atomic E-state index is -0.431. The molecule has 4 aromatic rings. The average molecular weight is 737 g/mol. The van der Waals surface area contributed by atoms with Crippen LogP contribution in [0.5, 0.6) is 11.5 Å². The molecular formula is C41H44N4O7S. The number of carbonyl (C=O) groups is 4. The van der Waals surface area contributed by atoms with E-state index in [0.29, 0.717) is 48.7 Å². The Bertz CT molecular complexity index is 2180. The maximum Gasteiger partial charge on any atom is 0.259 e. The zero-order valence-electron chi connectivity index (χ0n) is 30.4. The number of methoxy groups -OCH3 is 2. The largest absolute Gasteiger partial charge is 0.496 e. The summed E-state index contributed by atoms with van der Waals surface area (Å²) in [4.78, 5) is 67.8. The number of aryl methyl sites for hydroxylation is 1. The van der Waals surface area contributed by atoms with E-state index < -0.39 is 5.92 Å². The van der Waals surface area contributed by atoms with Gasteiger partial charge < -0.3 is 18.9 Å². The molecule has 0 radical (unpaired) electrons. The number of Topliss-reactive ketones (excluding diaryl/α,β-unsaturated/α-hetero) is 2. The summed E-state index contributed by atoms with van der Waals surface area (Å²) in [5.74, 6) is 0.220. The molecule has 0 saturated carbocycles. The van der Waals surface area contributed by atoms with Crippen molar-refractivity contribution < 1.29 is 28.7 Å². The van der Waals surface area contributed by atoms with E-state index in [4.69, 9.17) is 9.47 Å². The summed E-state index contributed by atoms with van der Waals surface area (Å²) in [5.41, 5.74) is 5.08. The van der Waals surface area contributed by atoms with Gasteiger partial charge in [-0.3, -0.25) is 34.2 Å². The number of fused-ring (bicyclic) bond motifs is 2. The van der Waals surface area contributed by atoms with Crippen molar-refractivity contribution in [2.45, 2.75) is 51.5 Å². The maximum absolute atomic E-state index is 13.4. The summed E-state index contributed by atoms with van der Waals surface area (Å²) in [5, 5.41) is 5.04. The van der Waals surface area contributed by atoms with E-state index in [1.807, 2.05) is 48.0 Å². The number of hydrogen-bond acceptors (Lipinski definition) is 10. The van der Waals surface area contributed by atoms with Crippen LogP contribution >= 0.6 is 11.3 Å². The molecule has 276 valence electrons. The van der Waals surface area contributed by atoms with Crippen LogP contribution in [0.1, 0.15) is 71.2 Å². The van der Waals surface area contributed by atoms with Crippen molar-refractivity contribution in [3.63, 3.8) is 0 Å². The number of pyridine rings is 1. The molecule has 11 nitrogen and oxygen atoms in total. The summed E-state index contributed by atoms with van der Waals surface area (Å²) in [6, 6.07) is 11.6. The second-order valence-corrected chi connectivity index (χ2v) is 16.2. The highest BCUT2D eigenvalue weighted by Crippen LogP contribution is 2.45. The lowest BCUT2D eigenvalue weighted by atomic mass is 9.71. The number of amides is 2. The highest BCUT2D eigenvalue weighted by Gasteiger charge is 2.45. The van der Waals surface area contributed by atoms with Gasteiger partial charge in [0.05, 0.1) is 25.2 Å². The first-order valence-corrected chi connectivity index (χ1v) is 19.3. The molecule has 2 atom stereocenters. The highest BCUT2D eigenvalue weighted by atomic mass is 32.1. The third-order valence-corrected chi connectivity index (χ3v) is 13.0. The number of rotatable bonds is 9. The fourth-order valence-electron chi connectivity index (χ4n) is 8.83. The Hall–Kier alpha value is -4.81. The molecule has 5 heterocycles. The van der Waals surface area contributed by atoms with Crippen LogP contribution in [0.4, 0.5) is 5.69 Å². The molecule has 2 aromatic heterocycles. The van der Waals surface area contributed by atoms with Crippen molar-refractivity contribution >= 4 is 50.5 Å². The normalized spacial score (nSPS) is 21.5. The van der Waals surface area contributed by atoms with Crippen molar-refractivity contribution in [2.75, 3.05) is 45.3 Å². The molecule has 3 saturated heterocycles. The molecule has 12 heteroatoms. The van der Waals surface area contributed by atoms with E-state index >= 15 is 0 Å². The van der Waals surface area contributed by atoms with Gasteiger partial charge in [0.25, 0.3) is 5.56 Å². The molecule has 3 fully saturated rings. The zero-order chi connectivity index (χ0) is 37.0. The lowest BCUT2D eigenvalue weighted by Gasteiger charge is -2.55. The van der Waals surface area contributed by atoms with E-state index in [9.17, 15) is 24.0 Å². The standard InChI is InChI=1S/C41H44N4O7S/c1-43-20-31(38-29(40(43)50)10-15-53-38)26-17-34(51-2)32(35(18-26)52-3)21-44-13-11-41(12-14-44)22-45(23-41)27-7-8-28-30(19-27)33(46)16-25(37(28)48)5-4-24-6-9-36(47)42-39(24)49/h7-8,10,15,17-20,24-25H,4-6,9,11-14,16,21-23H2,1-3H3,(H,42,47,49). The Morgan fingerprint density at radius 2 is 1.60 bits per heavy atom. The number of ketones is 2. The number of piperidine rings is 2. The van der Waals surface area contributed by atoms with Crippen LogP contribution in [-0.2, 0) is 23.2 Å². The summed E-state index contributed by atoms with van der Waals surface area (Å²) in [6.45, 7) is 4.40. The van der Waals surface area contributed by atoms with Gasteiger partial charge in [-0.25, -0.2) is 0 Å². The number of aromatic nitrogens is 1. The van der Waals surface area contributed by atoms with Crippen molar-refractivity contribution in [1.29, 1.82) is 0 Å². The third-order valence-electron chi connectivity index (χ3n) is 12.0. The van der Waals surface area contributed by atoms with Crippen LogP contribution in [0.25, 0.3) is 21.2 Å². The molecular weight excluding hydrogens is 693 g/mol. The van der Waals surface area contributed by atoms with Gasteiger partial charge in [0.2, 0.25) is 11.8 Å². The second-order valence-electron chi connectivity index (χ2n) is 15.3. The Morgan fingerprint density at radius 1 is 0.887 bits per heavy atom. The number of carbonyl (C=O) groups excluding carboxylic acids is 4. The van der Waals surface area contributed by atoms with E-state index in [0.717, 1.165) is 77.6 Å². The third kappa shape index (κ3) is 6.45. The number of anilines is 1. The first kappa shape index (κ1) is 35.2. The quantitative estimate of drug-likeness (QED) is 0.219. The van der Waals surface area contributed by atoms with Gasteiger partial charge in [0.15, 0.2) is 11.6 Å². The van der Waals surface area contributed by atoms with Gasteiger partial charge in [-0.2, -0.15) is 0 Å². The highest BCUT2D eigenvalue weighted by molar-refractivity contribution is 7.17. The summed E-state index contributed by atoms with van der Waals surface area (Å²) in [7, 11) is 5.15. The number of nitrogens with zero attached hydrogens (tertiary/aromatic N) is 3. The Morgan fingerprint density at radius 3 is 2.30 bits per heavy atom. The lowest BCUT2D eigenvalue weighted by Crippen LogP contribution is -2.60. The maximum atomic E-state index is 13.4. The number of thiophene rings is 1. The van der Waals surface area contributed by atoms with Gasteiger partial charge in [-0.15, -0.1) is 11.3 Å². The molecule has 1 spiro atoms. The molecule has 2 aromatic carbocycles. The SMILES string of the molecule is COc1cc(-c2cn(C)c(=O)c3ccsc23)cc(OC)c1CN1CCC2(CC1)CN(c1ccc3c(c1)C(=O)CC(CCC1CCC(=O)NC1=O)C3=O)C2. The van der Waals surface area contributed by atoms with Crippen molar-refractivity contribution in [2.24, 2.45) is 24.3 Å². The lowest BCUT2D eigenvalue weighted by molar-refractivity contribution is -0.136. The van der Waals surface area contributed by atoms with E-state index in [2.05, 4.69) is 15.1 Å². The van der Waals surface area contributed by atoms with Gasteiger partial charge in [-0.1, -0.05) is 0 Å². The molecule has 8 rings (SSSR count). The van der Waals surface area contributed by atoms with Gasteiger partial charge in [-0.05, 0) is 92.5 Å². The minimum absolute atomic E-state index is 0.0117. The fourth-order valence-corrected chi connectivity index (χ4v) is 9.75. The van der Waals surface area contributed by atoms with E-state index in [1.165, 1.54) is 0 Å². The van der Waals surface area contributed by atoms with Crippen molar-refractivity contribution in [3.05, 3.63) is 75.0 Å². The van der Waals surface area contributed by atoms with Gasteiger partial charge in [0, 0.05) is 90.0 Å². The first-order chi connectivity index (χ1) is 25.6. The van der Waals surface area contributed by atoms with Crippen molar-refractivity contribution in [1.82, 2.24) is 14.8 Å². The molecule has 0 bridgehead atoms. The van der Waals surface area contributed by atoms with Crippen LogP contribution in [0.2, 0.25) is 0 Å². The van der Waals surface area contributed by atoms with Crippen LogP contribution in [0.15, 0.2) is 52.8 Å². The molecule has 53 heavy (non-hydrogen) atoms. The Balaban J connectivity index is 0.895. The van der Waals surface area contributed by atoms with E-state index in [1.54, 1.807) is 37.2 Å². The van der Waals surface area contributed by atoms with Crippen LogP contribution in [0, 0.1) is 17.3 Å². The monoisotopic (exact) mass is 736 g/mol. The minimum Gasteiger partial charge on any atom is -0.496 e. The summed E-state index contributed by atoms with van der Waals surface area (Å²) >= 11 is 1.56. The van der Waals surface area contributed by atoms with Crippen LogP contribution in [-0.4, -0.2) is 73.2 Å². The number of imide groups is 1. The zero-order valence-corrected chi connectivity index (χ0v) is 31.2. The summed E-state index contributed by atoms with van der Waals surface area (Å²) < 4.78 is 14.4. The number of hydrogen-bond donors (Lipinski definition) is 1. The van der Waals surface area contributed by atoms with Crippen LogP contribution < -0.4 is 25.2 Å². The van der Waals surface area contributed by atoms with Crippen LogP contribution in [0.3, 0.4) is 0 Å². The number of nitrogens with one attached hydrogen (secondary N) is 1. The molecule has 4 aliphatic rings. The van der Waals surface area contributed by atoms with Gasteiger partial charge in [0.1, 0.15) is 11.5 Å². The van der Waals surface area contributed by atoms with Crippen molar-refractivity contribution in [3.8, 4) is 22.6 Å². The molecule has 3 aliphatic heterocycles. The molecule has 2 unspecified atom stereocenters. The molecule has 1 aliphatic carbocycles. The summed E-state index contributed by atoms with van der Waals surface area (Å²) in [6.07, 6.45) is 5.91. The van der Waals surface area contributed by atoms with Gasteiger partial charge >= 0.3 is 0 Å². The number of benzene rings is 2. The first-order valence-electron chi connectivity index (χ1n) is 18.4. The van der Waals surface area contributed by atoms with E-state index in [-0.39, 0.29) is 46.7 Å². The fraction of sp³-hybridized carbons (Fsp3) is 0.439. The Kier molecular flexibility index (Phi) is 9.22. The molecule has 1 N–H and O–H groups in total. The predicted octanol–water partition coefficient (Wildman–Crippen LogP) is 5.60. The number of ether oxygens (including phenoxy) is 2. The smallest absolute Gasteiger partial charge is 0.259 e. The predicted molar refractivity (Wildman–Crippen MR) is 203 cm³/mol. The second kappa shape index (κ2) is 13.9. The number of likely N-dealkylation sites (tertiary alicyclic amines) is 1. The molecule has 2 amide bonds. The Labute approximate surface area is 311 Å². The topological polar surface area (TPSA) is 127 Å².